The molecule has 190 valence electrons. The van der Waals surface area contributed by atoms with Crippen LogP contribution in [0, 0.1) is 11.6 Å². The number of methoxy groups -OCH3 is 4. The Labute approximate surface area is 214 Å². The Kier molecular flexibility index (Phi) is 7.88. The lowest BCUT2D eigenvalue weighted by atomic mass is 10.1. The number of hydrogen-bond donors (Lipinski definition) is 0. The molecule has 6 nitrogen and oxygen atoms in total. The number of para-hydroxylation sites is 1. The van der Waals surface area contributed by atoms with E-state index in [-0.39, 0.29) is 0 Å². The summed E-state index contributed by atoms with van der Waals surface area (Å²) < 4.78 is 51.9. The maximum atomic E-state index is 14.7. The molecule has 4 aromatic rings. The highest BCUT2D eigenvalue weighted by Crippen LogP contribution is 2.32. The number of rotatable bonds is 9. The van der Waals surface area contributed by atoms with Crippen molar-refractivity contribution in [2.24, 2.45) is 0 Å². The van der Waals surface area contributed by atoms with Crippen LogP contribution < -0.4 is 18.9 Å². The van der Waals surface area contributed by atoms with E-state index >= 15 is 0 Å². The molecule has 1 heterocycles. The summed E-state index contributed by atoms with van der Waals surface area (Å²) in [5.74, 6) is 0.533. The highest BCUT2D eigenvalue weighted by Gasteiger charge is 2.12. The van der Waals surface area contributed by atoms with Crippen molar-refractivity contribution in [3.8, 4) is 28.7 Å². The van der Waals surface area contributed by atoms with Crippen LogP contribution >= 0.6 is 0 Å². The molecule has 0 fully saturated rings. The summed E-state index contributed by atoms with van der Waals surface area (Å²) in [6.07, 6.45) is 6.68. The van der Waals surface area contributed by atoms with E-state index in [2.05, 4.69) is 5.10 Å². The Hall–Kier alpha value is -4.59. The molecular formula is C29H26F2N2O4. The van der Waals surface area contributed by atoms with Gasteiger partial charge in [0.05, 0.1) is 45.5 Å². The first-order valence-electron chi connectivity index (χ1n) is 11.3. The van der Waals surface area contributed by atoms with Crippen molar-refractivity contribution in [1.29, 1.82) is 0 Å². The Morgan fingerprint density at radius 3 is 1.62 bits per heavy atom. The highest BCUT2D eigenvalue weighted by molar-refractivity contribution is 5.74. The standard InChI is InChI=1S/C29H26F2N2O4/c1-34-26-14-19(24(30)17-28(26)36-3)10-12-21-16-23(33(32-21)22-8-6-5-7-9-22)13-11-20-15-27(35-2)29(37-4)18-25(20)31/h5-18H,1-4H3. The molecule has 0 spiro atoms. The smallest absolute Gasteiger partial charge is 0.163 e. The van der Waals surface area contributed by atoms with Gasteiger partial charge in [0.1, 0.15) is 11.6 Å². The second-order valence-electron chi connectivity index (χ2n) is 7.87. The number of aromatic nitrogens is 2. The lowest BCUT2D eigenvalue weighted by Gasteiger charge is -2.09. The molecule has 0 saturated carbocycles. The first kappa shape index (κ1) is 25.5. The second kappa shape index (κ2) is 11.4. The summed E-state index contributed by atoms with van der Waals surface area (Å²) in [5, 5.41) is 4.66. The van der Waals surface area contributed by atoms with E-state index in [4.69, 9.17) is 18.9 Å². The molecule has 3 aromatic carbocycles. The highest BCUT2D eigenvalue weighted by atomic mass is 19.1. The van der Waals surface area contributed by atoms with E-state index in [1.807, 2.05) is 36.4 Å². The Morgan fingerprint density at radius 1 is 0.622 bits per heavy atom. The zero-order chi connectivity index (χ0) is 26.4. The van der Waals surface area contributed by atoms with Gasteiger partial charge in [-0.1, -0.05) is 18.2 Å². The van der Waals surface area contributed by atoms with Crippen molar-refractivity contribution in [3.05, 3.63) is 94.8 Å². The summed E-state index contributed by atoms with van der Waals surface area (Å²) in [6.45, 7) is 0. The molecule has 8 heteroatoms. The third kappa shape index (κ3) is 5.64. The lowest BCUT2D eigenvalue weighted by molar-refractivity contribution is 0.352. The second-order valence-corrected chi connectivity index (χ2v) is 7.87. The normalized spacial score (nSPS) is 11.3. The van der Waals surface area contributed by atoms with Crippen LogP contribution in [0.1, 0.15) is 22.5 Å². The molecule has 4 rings (SSSR count). The summed E-state index contributed by atoms with van der Waals surface area (Å²) in [5.41, 5.74) is 2.71. The summed E-state index contributed by atoms with van der Waals surface area (Å²) in [6, 6.07) is 17.0. The van der Waals surface area contributed by atoms with Crippen LogP contribution in [0.4, 0.5) is 8.78 Å². The molecular weight excluding hydrogens is 478 g/mol. The van der Waals surface area contributed by atoms with Gasteiger partial charge in [0.15, 0.2) is 23.0 Å². The van der Waals surface area contributed by atoms with Crippen LogP contribution in [0.25, 0.3) is 30.0 Å². The van der Waals surface area contributed by atoms with Gasteiger partial charge in [-0.15, -0.1) is 0 Å². The average Bonchev–Trinajstić information content (AvgIpc) is 3.34. The van der Waals surface area contributed by atoms with E-state index in [0.29, 0.717) is 45.5 Å². The van der Waals surface area contributed by atoms with Gasteiger partial charge in [-0.05, 0) is 54.6 Å². The monoisotopic (exact) mass is 504 g/mol. The molecule has 0 aliphatic carbocycles. The van der Waals surface area contributed by atoms with Gasteiger partial charge in [0.25, 0.3) is 0 Å². The molecule has 0 saturated heterocycles. The number of ether oxygens (including phenoxy) is 4. The van der Waals surface area contributed by atoms with Gasteiger partial charge in [0.2, 0.25) is 0 Å². The quantitative estimate of drug-likeness (QED) is 0.260. The van der Waals surface area contributed by atoms with Crippen molar-refractivity contribution in [2.75, 3.05) is 28.4 Å². The predicted molar refractivity (Wildman–Crippen MR) is 140 cm³/mol. The fourth-order valence-corrected chi connectivity index (χ4v) is 3.74. The largest absolute Gasteiger partial charge is 0.493 e. The number of benzene rings is 3. The molecule has 0 aliphatic rings. The van der Waals surface area contributed by atoms with Gasteiger partial charge in [-0.2, -0.15) is 5.10 Å². The van der Waals surface area contributed by atoms with Crippen LogP contribution in [-0.2, 0) is 0 Å². The van der Waals surface area contributed by atoms with Crippen molar-refractivity contribution in [1.82, 2.24) is 9.78 Å². The lowest BCUT2D eigenvalue weighted by Crippen LogP contribution is -1.98. The van der Waals surface area contributed by atoms with E-state index in [0.717, 1.165) is 5.69 Å². The summed E-state index contributed by atoms with van der Waals surface area (Å²) in [7, 11) is 5.89. The van der Waals surface area contributed by atoms with Crippen molar-refractivity contribution >= 4 is 24.3 Å². The van der Waals surface area contributed by atoms with Crippen molar-refractivity contribution < 1.29 is 27.7 Å². The number of nitrogens with zero attached hydrogens (tertiary/aromatic N) is 2. The zero-order valence-electron chi connectivity index (χ0n) is 20.9. The SMILES string of the molecule is COc1cc(F)c(C=Cc2cc(C=Cc3cc(OC)c(OC)cc3F)n(-c3ccccc3)n2)cc1OC. The molecule has 37 heavy (non-hydrogen) atoms. The molecule has 0 aliphatic heterocycles. The van der Waals surface area contributed by atoms with Crippen LogP contribution in [0.5, 0.6) is 23.0 Å². The zero-order valence-corrected chi connectivity index (χ0v) is 20.9. The fourth-order valence-electron chi connectivity index (χ4n) is 3.74. The van der Waals surface area contributed by atoms with Crippen LogP contribution in [-0.4, -0.2) is 38.2 Å². The van der Waals surface area contributed by atoms with Gasteiger partial charge in [-0.25, -0.2) is 13.5 Å². The van der Waals surface area contributed by atoms with Gasteiger partial charge in [0, 0.05) is 23.3 Å². The van der Waals surface area contributed by atoms with Gasteiger partial charge >= 0.3 is 0 Å². The van der Waals surface area contributed by atoms with Crippen molar-refractivity contribution in [2.45, 2.75) is 0 Å². The molecule has 0 radical (unpaired) electrons. The predicted octanol–water partition coefficient (Wildman–Crippen LogP) is 6.53. The topological polar surface area (TPSA) is 54.7 Å². The first-order chi connectivity index (χ1) is 18.0. The van der Waals surface area contributed by atoms with Gasteiger partial charge in [-0.3, -0.25) is 0 Å². The number of hydrogen-bond acceptors (Lipinski definition) is 5. The van der Waals surface area contributed by atoms with Crippen LogP contribution in [0.15, 0.2) is 60.7 Å². The maximum absolute atomic E-state index is 14.7. The molecule has 0 unspecified atom stereocenters. The van der Waals surface area contributed by atoms with E-state index in [9.17, 15) is 8.78 Å². The number of halogens is 2. The molecule has 0 N–H and O–H groups in total. The molecule has 0 atom stereocenters. The Bertz CT molecular complexity index is 1450. The first-order valence-corrected chi connectivity index (χ1v) is 11.3. The van der Waals surface area contributed by atoms with Crippen molar-refractivity contribution in [3.63, 3.8) is 0 Å². The average molecular weight is 505 g/mol. The van der Waals surface area contributed by atoms with Crippen LogP contribution in [0.3, 0.4) is 0 Å². The minimum absolute atomic E-state index is 0.306. The molecule has 0 amide bonds. The maximum Gasteiger partial charge on any atom is 0.163 e. The molecule has 1 aromatic heterocycles. The van der Waals surface area contributed by atoms with E-state index < -0.39 is 11.6 Å². The Morgan fingerprint density at radius 2 is 1.11 bits per heavy atom. The van der Waals surface area contributed by atoms with Gasteiger partial charge < -0.3 is 18.9 Å². The Balaban J connectivity index is 1.72. The minimum Gasteiger partial charge on any atom is -0.493 e. The minimum atomic E-state index is -0.458. The van der Waals surface area contributed by atoms with E-state index in [1.54, 1.807) is 41.1 Å². The third-order valence-corrected chi connectivity index (χ3v) is 5.63. The fraction of sp³-hybridized carbons (Fsp3) is 0.138. The summed E-state index contributed by atoms with van der Waals surface area (Å²) >= 11 is 0. The molecule has 0 bridgehead atoms. The third-order valence-electron chi connectivity index (χ3n) is 5.63. The van der Waals surface area contributed by atoms with Crippen LogP contribution in [0.2, 0.25) is 0 Å². The van der Waals surface area contributed by atoms with E-state index in [1.165, 1.54) is 40.6 Å². The summed E-state index contributed by atoms with van der Waals surface area (Å²) in [4.78, 5) is 0.